The summed E-state index contributed by atoms with van der Waals surface area (Å²) in [6.07, 6.45) is 2.82. The number of rotatable bonds is 2. The van der Waals surface area contributed by atoms with Crippen molar-refractivity contribution in [1.29, 1.82) is 0 Å². The van der Waals surface area contributed by atoms with Gasteiger partial charge >= 0.3 is 0 Å². The number of morpholine rings is 1. The Labute approximate surface area is 83.3 Å². The Bertz CT molecular complexity index is 117. The molecular formula is C11H25NO. The molecule has 2 atom stereocenters. The van der Waals surface area contributed by atoms with E-state index in [1.807, 2.05) is 13.8 Å². The zero-order valence-corrected chi connectivity index (χ0v) is 9.84. The Kier molecular flexibility index (Phi) is 7.29. The Morgan fingerprint density at radius 1 is 1.23 bits per heavy atom. The molecule has 1 saturated heterocycles. The Morgan fingerprint density at radius 2 is 1.85 bits per heavy atom. The van der Waals surface area contributed by atoms with Crippen LogP contribution in [0.25, 0.3) is 0 Å². The smallest absolute Gasteiger partial charge is 0.0728 e. The van der Waals surface area contributed by atoms with Crippen LogP contribution in [0.2, 0.25) is 0 Å². The summed E-state index contributed by atoms with van der Waals surface area (Å²) in [5.41, 5.74) is 0. The molecular weight excluding hydrogens is 162 g/mol. The van der Waals surface area contributed by atoms with Gasteiger partial charge in [0.1, 0.15) is 0 Å². The molecule has 2 unspecified atom stereocenters. The van der Waals surface area contributed by atoms with E-state index in [2.05, 4.69) is 25.8 Å². The van der Waals surface area contributed by atoms with Gasteiger partial charge in [-0.3, -0.25) is 4.90 Å². The molecule has 0 aromatic rings. The van der Waals surface area contributed by atoms with Crippen molar-refractivity contribution < 1.29 is 4.74 Å². The maximum atomic E-state index is 5.66. The first-order chi connectivity index (χ1) is 6.29. The standard InChI is InChI=1S/C9H19NO.C2H6/c1-4-8-9(5-2)11-7-6-10(8)3;1-2/h8-9H,4-7H2,1-3H3;1-2H3. The monoisotopic (exact) mass is 187 g/mol. The molecule has 13 heavy (non-hydrogen) atoms. The Balaban J connectivity index is 0.000000671. The van der Waals surface area contributed by atoms with Crippen LogP contribution in [0.4, 0.5) is 0 Å². The van der Waals surface area contributed by atoms with Gasteiger partial charge in [-0.05, 0) is 19.9 Å². The van der Waals surface area contributed by atoms with Crippen molar-refractivity contribution in [3.8, 4) is 0 Å². The molecule has 0 amide bonds. The SMILES string of the molecule is CC.CCC1OCCN(C)C1CC. The van der Waals surface area contributed by atoms with Crippen molar-refractivity contribution in [2.45, 2.75) is 52.7 Å². The number of likely N-dealkylation sites (N-methyl/N-ethyl adjacent to an activating group) is 1. The highest BCUT2D eigenvalue weighted by Gasteiger charge is 2.26. The lowest BCUT2D eigenvalue weighted by atomic mass is 10.0. The molecule has 2 nitrogen and oxygen atoms in total. The molecule has 0 aliphatic carbocycles. The van der Waals surface area contributed by atoms with E-state index < -0.39 is 0 Å². The minimum Gasteiger partial charge on any atom is -0.375 e. The average Bonchev–Trinajstić information content (AvgIpc) is 2.20. The average molecular weight is 187 g/mol. The van der Waals surface area contributed by atoms with E-state index in [9.17, 15) is 0 Å². The van der Waals surface area contributed by atoms with Crippen LogP contribution in [0.5, 0.6) is 0 Å². The van der Waals surface area contributed by atoms with E-state index in [-0.39, 0.29) is 0 Å². The highest BCUT2D eigenvalue weighted by Crippen LogP contribution is 2.17. The zero-order chi connectivity index (χ0) is 10.3. The van der Waals surface area contributed by atoms with Crippen molar-refractivity contribution in [2.75, 3.05) is 20.2 Å². The molecule has 2 heteroatoms. The van der Waals surface area contributed by atoms with Crippen LogP contribution < -0.4 is 0 Å². The third kappa shape index (κ3) is 3.65. The molecule has 0 aromatic heterocycles. The van der Waals surface area contributed by atoms with Crippen LogP contribution in [-0.2, 0) is 4.74 Å². The normalized spacial score (nSPS) is 29.3. The van der Waals surface area contributed by atoms with E-state index in [1.54, 1.807) is 0 Å². The van der Waals surface area contributed by atoms with Crippen LogP contribution in [0.3, 0.4) is 0 Å². The van der Waals surface area contributed by atoms with Gasteiger partial charge in [-0.15, -0.1) is 0 Å². The highest BCUT2D eigenvalue weighted by atomic mass is 16.5. The first-order valence-corrected chi connectivity index (χ1v) is 5.61. The highest BCUT2D eigenvalue weighted by molar-refractivity contribution is 4.79. The largest absolute Gasteiger partial charge is 0.375 e. The molecule has 0 spiro atoms. The fraction of sp³-hybridized carbons (Fsp3) is 1.00. The summed E-state index contributed by atoms with van der Waals surface area (Å²) in [7, 11) is 2.19. The molecule has 1 heterocycles. The van der Waals surface area contributed by atoms with E-state index in [0.717, 1.165) is 19.6 Å². The minimum absolute atomic E-state index is 0.471. The van der Waals surface area contributed by atoms with Gasteiger partial charge in [-0.1, -0.05) is 27.7 Å². The molecule has 1 rings (SSSR count). The second kappa shape index (κ2) is 7.34. The molecule has 80 valence electrons. The molecule has 0 N–H and O–H groups in total. The molecule has 1 aliphatic rings. The lowest BCUT2D eigenvalue weighted by molar-refractivity contribution is -0.0634. The lowest BCUT2D eigenvalue weighted by Crippen LogP contribution is -2.48. The van der Waals surface area contributed by atoms with Gasteiger partial charge in [0, 0.05) is 12.6 Å². The van der Waals surface area contributed by atoms with Crippen LogP contribution in [0, 0.1) is 0 Å². The molecule has 1 fully saturated rings. The van der Waals surface area contributed by atoms with Gasteiger partial charge in [-0.25, -0.2) is 0 Å². The van der Waals surface area contributed by atoms with Crippen LogP contribution in [0.15, 0.2) is 0 Å². The topological polar surface area (TPSA) is 12.5 Å². The second-order valence-corrected chi connectivity index (χ2v) is 3.27. The second-order valence-electron chi connectivity index (χ2n) is 3.27. The third-order valence-electron chi connectivity index (χ3n) is 2.59. The zero-order valence-electron chi connectivity index (χ0n) is 9.84. The minimum atomic E-state index is 0.471. The first kappa shape index (κ1) is 12.9. The summed E-state index contributed by atoms with van der Waals surface area (Å²) >= 11 is 0. The molecule has 0 bridgehead atoms. The van der Waals surface area contributed by atoms with E-state index in [0.29, 0.717) is 12.1 Å². The van der Waals surface area contributed by atoms with Crippen molar-refractivity contribution >= 4 is 0 Å². The van der Waals surface area contributed by atoms with Crippen LogP contribution in [-0.4, -0.2) is 37.2 Å². The van der Waals surface area contributed by atoms with Gasteiger partial charge in [0.2, 0.25) is 0 Å². The predicted octanol–water partition coefficient (Wildman–Crippen LogP) is 2.53. The van der Waals surface area contributed by atoms with E-state index in [1.165, 1.54) is 6.42 Å². The van der Waals surface area contributed by atoms with Gasteiger partial charge in [0.25, 0.3) is 0 Å². The van der Waals surface area contributed by atoms with E-state index >= 15 is 0 Å². The summed E-state index contributed by atoms with van der Waals surface area (Å²) in [6.45, 7) is 10.4. The lowest BCUT2D eigenvalue weighted by Gasteiger charge is -2.38. The third-order valence-corrected chi connectivity index (χ3v) is 2.59. The maximum Gasteiger partial charge on any atom is 0.0728 e. The summed E-state index contributed by atoms with van der Waals surface area (Å²) in [6, 6.07) is 0.647. The summed E-state index contributed by atoms with van der Waals surface area (Å²) in [5.74, 6) is 0. The number of hydrogen-bond donors (Lipinski definition) is 0. The fourth-order valence-electron chi connectivity index (χ4n) is 1.87. The summed E-state index contributed by atoms with van der Waals surface area (Å²) in [5, 5.41) is 0. The number of ether oxygens (including phenoxy) is 1. The molecule has 0 radical (unpaired) electrons. The Hall–Kier alpha value is -0.0800. The van der Waals surface area contributed by atoms with Crippen molar-refractivity contribution in [3.63, 3.8) is 0 Å². The molecule has 0 aromatic carbocycles. The van der Waals surface area contributed by atoms with Gasteiger partial charge in [-0.2, -0.15) is 0 Å². The van der Waals surface area contributed by atoms with Crippen LogP contribution in [0.1, 0.15) is 40.5 Å². The predicted molar refractivity (Wildman–Crippen MR) is 58.1 cm³/mol. The van der Waals surface area contributed by atoms with Crippen molar-refractivity contribution in [3.05, 3.63) is 0 Å². The quantitative estimate of drug-likeness (QED) is 0.658. The van der Waals surface area contributed by atoms with E-state index in [4.69, 9.17) is 4.74 Å². The molecule has 0 saturated carbocycles. The fourth-order valence-corrected chi connectivity index (χ4v) is 1.87. The van der Waals surface area contributed by atoms with Gasteiger partial charge < -0.3 is 4.74 Å². The van der Waals surface area contributed by atoms with Crippen molar-refractivity contribution in [1.82, 2.24) is 4.90 Å². The van der Waals surface area contributed by atoms with Crippen molar-refractivity contribution in [2.24, 2.45) is 0 Å². The first-order valence-electron chi connectivity index (χ1n) is 5.61. The van der Waals surface area contributed by atoms with Gasteiger partial charge in [0.15, 0.2) is 0 Å². The summed E-state index contributed by atoms with van der Waals surface area (Å²) in [4.78, 5) is 2.41. The summed E-state index contributed by atoms with van der Waals surface area (Å²) < 4.78 is 5.66. The maximum absolute atomic E-state index is 5.66. The van der Waals surface area contributed by atoms with Gasteiger partial charge in [0.05, 0.1) is 12.7 Å². The Morgan fingerprint density at radius 3 is 2.23 bits per heavy atom. The number of nitrogens with zero attached hydrogens (tertiary/aromatic N) is 1. The number of hydrogen-bond acceptors (Lipinski definition) is 2. The molecule has 1 aliphatic heterocycles. The van der Waals surface area contributed by atoms with Crippen LogP contribution >= 0.6 is 0 Å².